The summed E-state index contributed by atoms with van der Waals surface area (Å²) in [5.74, 6) is -0.935. The van der Waals surface area contributed by atoms with Gasteiger partial charge in [-0.3, -0.25) is 0 Å². The van der Waals surface area contributed by atoms with Crippen LogP contribution in [0.5, 0.6) is 0 Å². The number of ether oxygens (including phenoxy) is 6. The van der Waals surface area contributed by atoms with Crippen molar-refractivity contribution in [1.82, 2.24) is 0 Å². The van der Waals surface area contributed by atoms with Gasteiger partial charge in [0.25, 0.3) is 0 Å². The van der Waals surface area contributed by atoms with Crippen molar-refractivity contribution >= 4 is 11.9 Å². The summed E-state index contributed by atoms with van der Waals surface area (Å²) in [5, 5.41) is 43.5. The standard InChI is InChI=1S/C36H50O12/c37-25-17-43-31-29(25)45-19-35(31,41)15-27(21-7-3-1-4-8-21)47-33(39)23-11-13-24(14-12-23)34(40)48-28(22-9-5-2-6-10-22)16-36(42)20-46-30-26(38)18-44-32(30)36/h11-14,21-22,25-32,37-38,41-42H,1-10,15-20H2/t25-,26-,27?,28?,29-,30-,31+,32+,35-,36-/m1/s1. The molecule has 6 aliphatic rings. The van der Waals surface area contributed by atoms with Crippen LogP contribution in [0.4, 0.5) is 0 Å². The van der Waals surface area contributed by atoms with E-state index in [9.17, 15) is 30.0 Å². The van der Waals surface area contributed by atoms with Crippen LogP contribution >= 0.6 is 0 Å². The van der Waals surface area contributed by atoms with Crippen LogP contribution in [0.1, 0.15) is 97.8 Å². The first-order chi connectivity index (χ1) is 23.1. The van der Waals surface area contributed by atoms with Gasteiger partial charge in [-0.2, -0.15) is 0 Å². The third kappa shape index (κ3) is 6.92. The molecule has 48 heavy (non-hydrogen) atoms. The summed E-state index contributed by atoms with van der Waals surface area (Å²) in [6.07, 6.45) is 4.86. The van der Waals surface area contributed by atoms with E-state index >= 15 is 0 Å². The van der Waals surface area contributed by atoms with Gasteiger partial charge in [-0.1, -0.05) is 38.5 Å². The molecule has 1 aromatic carbocycles. The molecule has 4 aliphatic heterocycles. The van der Waals surface area contributed by atoms with Gasteiger partial charge < -0.3 is 48.8 Å². The number of rotatable bonds is 10. The molecule has 6 fully saturated rings. The van der Waals surface area contributed by atoms with Crippen LogP contribution in [0.15, 0.2) is 24.3 Å². The molecule has 2 aliphatic carbocycles. The molecule has 4 N–H and O–H groups in total. The predicted octanol–water partition coefficient (Wildman–Crippen LogP) is 2.46. The predicted molar refractivity (Wildman–Crippen MR) is 168 cm³/mol. The number of carbonyl (C=O) groups excluding carboxylic acids is 2. The number of esters is 2. The van der Waals surface area contributed by atoms with Crippen molar-refractivity contribution in [2.75, 3.05) is 26.4 Å². The fourth-order valence-electron chi connectivity index (χ4n) is 8.97. The average molecular weight is 675 g/mol. The fraction of sp³-hybridized carbons (Fsp3) is 0.778. The number of fused-ring (bicyclic) bond motifs is 2. The lowest BCUT2D eigenvalue weighted by atomic mass is 9.79. The second kappa shape index (κ2) is 14.2. The van der Waals surface area contributed by atoms with Gasteiger partial charge in [0, 0.05) is 12.8 Å². The third-order valence-electron chi connectivity index (χ3n) is 11.7. The Labute approximate surface area is 281 Å². The lowest BCUT2D eigenvalue weighted by Gasteiger charge is -2.36. The molecule has 4 heterocycles. The molecule has 2 saturated carbocycles. The van der Waals surface area contributed by atoms with Crippen LogP contribution in [0.3, 0.4) is 0 Å². The highest BCUT2D eigenvalue weighted by Gasteiger charge is 2.58. The maximum atomic E-state index is 13.5. The van der Waals surface area contributed by atoms with Crippen molar-refractivity contribution in [2.24, 2.45) is 11.8 Å². The quantitative estimate of drug-likeness (QED) is 0.268. The molecular weight excluding hydrogens is 624 g/mol. The van der Waals surface area contributed by atoms with Crippen LogP contribution in [-0.2, 0) is 28.4 Å². The Bertz CT molecular complexity index is 1180. The maximum absolute atomic E-state index is 13.5. The Balaban J connectivity index is 1.01. The molecule has 2 unspecified atom stereocenters. The summed E-state index contributed by atoms with van der Waals surface area (Å²) >= 11 is 0. The first-order valence-corrected chi connectivity index (χ1v) is 17.9. The van der Waals surface area contributed by atoms with Crippen LogP contribution in [0, 0.1) is 11.8 Å². The zero-order valence-corrected chi connectivity index (χ0v) is 27.5. The van der Waals surface area contributed by atoms with E-state index in [4.69, 9.17) is 28.4 Å². The van der Waals surface area contributed by atoms with E-state index in [2.05, 4.69) is 0 Å². The maximum Gasteiger partial charge on any atom is 0.338 e. The van der Waals surface area contributed by atoms with Gasteiger partial charge in [-0.25, -0.2) is 9.59 Å². The molecule has 266 valence electrons. The molecule has 0 amide bonds. The van der Waals surface area contributed by atoms with Gasteiger partial charge in [-0.05, 0) is 61.8 Å². The van der Waals surface area contributed by atoms with Gasteiger partial charge in [-0.15, -0.1) is 0 Å². The zero-order valence-electron chi connectivity index (χ0n) is 27.5. The van der Waals surface area contributed by atoms with Gasteiger partial charge >= 0.3 is 11.9 Å². The number of aliphatic hydroxyl groups is 4. The highest BCUT2D eigenvalue weighted by Crippen LogP contribution is 2.42. The first-order valence-electron chi connectivity index (χ1n) is 17.9. The van der Waals surface area contributed by atoms with Crippen molar-refractivity contribution in [1.29, 1.82) is 0 Å². The molecule has 4 saturated heterocycles. The molecule has 7 rings (SSSR count). The molecule has 12 nitrogen and oxygen atoms in total. The lowest BCUT2D eigenvalue weighted by molar-refractivity contribution is -0.104. The van der Waals surface area contributed by atoms with Crippen molar-refractivity contribution in [3.05, 3.63) is 35.4 Å². The second-order valence-electron chi connectivity index (χ2n) is 15.1. The van der Waals surface area contributed by atoms with Gasteiger partial charge in [0.2, 0.25) is 0 Å². The van der Waals surface area contributed by atoms with Gasteiger partial charge in [0.15, 0.2) is 0 Å². The summed E-state index contributed by atoms with van der Waals surface area (Å²) < 4.78 is 35.0. The van der Waals surface area contributed by atoms with Crippen LogP contribution < -0.4 is 0 Å². The number of hydrogen-bond acceptors (Lipinski definition) is 12. The first kappa shape index (κ1) is 34.3. The number of benzene rings is 1. The summed E-state index contributed by atoms with van der Waals surface area (Å²) in [6, 6.07) is 6.18. The Kier molecular flexibility index (Phi) is 10.2. The largest absolute Gasteiger partial charge is 0.458 e. The Hall–Kier alpha value is -2.16. The Morgan fingerprint density at radius 2 is 1.02 bits per heavy atom. The minimum Gasteiger partial charge on any atom is -0.458 e. The van der Waals surface area contributed by atoms with E-state index in [1.165, 1.54) is 0 Å². The SMILES string of the molecule is O=C(OC(C[C@@]1(O)CO[C@@H]2[C@H](O)CO[C@@H]21)C1CCCCC1)c1ccc(C(=O)OC(C[C@@]2(O)CO[C@@H]3[C@H](O)CO[C@@H]32)C2CCCCC2)cc1. The monoisotopic (exact) mass is 674 g/mol. The lowest BCUT2D eigenvalue weighted by Crippen LogP contribution is -2.48. The van der Waals surface area contributed by atoms with E-state index in [-0.39, 0.29) is 62.2 Å². The summed E-state index contributed by atoms with van der Waals surface area (Å²) in [5.41, 5.74) is -2.21. The summed E-state index contributed by atoms with van der Waals surface area (Å²) in [4.78, 5) is 26.9. The van der Waals surface area contributed by atoms with E-state index in [0.717, 1.165) is 64.2 Å². The van der Waals surface area contributed by atoms with Crippen molar-refractivity contribution in [3.63, 3.8) is 0 Å². The fourth-order valence-corrected chi connectivity index (χ4v) is 8.97. The van der Waals surface area contributed by atoms with Gasteiger partial charge in [0.1, 0.15) is 60.0 Å². The minimum absolute atomic E-state index is 0.000531. The van der Waals surface area contributed by atoms with Crippen molar-refractivity contribution < 1.29 is 58.4 Å². The minimum atomic E-state index is -1.38. The number of aliphatic hydroxyl groups excluding tert-OH is 2. The van der Waals surface area contributed by atoms with Crippen LogP contribution in [0.2, 0.25) is 0 Å². The zero-order chi connectivity index (χ0) is 33.5. The summed E-state index contributed by atoms with van der Waals surface area (Å²) in [7, 11) is 0. The highest BCUT2D eigenvalue weighted by molar-refractivity contribution is 5.93. The molecular formula is C36H50O12. The molecule has 0 bridgehead atoms. The molecule has 0 spiro atoms. The second-order valence-corrected chi connectivity index (χ2v) is 15.1. The molecule has 0 radical (unpaired) electrons. The third-order valence-corrected chi connectivity index (χ3v) is 11.7. The van der Waals surface area contributed by atoms with Gasteiger partial charge in [0.05, 0.1) is 37.6 Å². The molecule has 0 aromatic heterocycles. The molecule has 12 heteroatoms. The van der Waals surface area contributed by atoms with Crippen LogP contribution in [0.25, 0.3) is 0 Å². The highest BCUT2D eigenvalue weighted by atomic mass is 16.6. The Morgan fingerprint density at radius 1 is 0.646 bits per heavy atom. The van der Waals surface area contributed by atoms with E-state index in [1.54, 1.807) is 24.3 Å². The average Bonchev–Trinajstić information content (AvgIpc) is 3.85. The molecule has 10 atom stereocenters. The van der Waals surface area contributed by atoms with Crippen molar-refractivity contribution in [3.8, 4) is 0 Å². The van der Waals surface area contributed by atoms with E-state index < -0.39 is 72.0 Å². The topological polar surface area (TPSA) is 170 Å². The number of hydrogen-bond donors (Lipinski definition) is 4. The smallest absolute Gasteiger partial charge is 0.338 e. The van der Waals surface area contributed by atoms with Crippen molar-refractivity contribution in [2.45, 2.75) is 137 Å². The summed E-state index contributed by atoms with van der Waals surface area (Å²) in [6.45, 7) is 0.187. The normalized spacial score (nSPS) is 38.3. The number of carbonyl (C=O) groups is 2. The van der Waals surface area contributed by atoms with E-state index in [1.807, 2.05) is 0 Å². The Morgan fingerprint density at radius 3 is 1.40 bits per heavy atom. The molecule has 1 aromatic rings. The van der Waals surface area contributed by atoms with Crippen LogP contribution in [-0.4, -0.2) is 119 Å². The van der Waals surface area contributed by atoms with E-state index in [0.29, 0.717) is 0 Å².